The van der Waals surface area contributed by atoms with Crippen LogP contribution in [-0.4, -0.2) is 81.8 Å². The van der Waals surface area contributed by atoms with Gasteiger partial charge in [0.25, 0.3) is 0 Å². The number of aromatic nitrogens is 4. The van der Waals surface area contributed by atoms with E-state index in [0.29, 0.717) is 62.5 Å². The first-order valence-electron chi connectivity index (χ1n) is 10.3. The maximum atomic E-state index is 12.4. The van der Waals surface area contributed by atoms with Crippen LogP contribution in [0.3, 0.4) is 0 Å². The summed E-state index contributed by atoms with van der Waals surface area (Å²) in [6, 6.07) is 0. The molecule has 4 heterocycles. The molecule has 32 heavy (non-hydrogen) atoms. The summed E-state index contributed by atoms with van der Waals surface area (Å²) in [5, 5.41) is 7.82. The van der Waals surface area contributed by atoms with Crippen LogP contribution in [0.5, 0.6) is 0 Å². The molecule has 2 atom stereocenters. The molecule has 12 heteroatoms. The second kappa shape index (κ2) is 8.28. The summed E-state index contributed by atoms with van der Waals surface area (Å²) >= 11 is 0. The fourth-order valence-corrected chi connectivity index (χ4v) is 3.61. The molecule has 0 saturated carbocycles. The quantitative estimate of drug-likeness (QED) is 0.498. The maximum Gasteiger partial charge on any atom is 0.480 e. The molecule has 2 aliphatic rings. The highest BCUT2D eigenvalue weighted by molar-refractivity contribution is 6.29. The van der Waals surface area contributed by atoms with Gasteiger partial charge < -0.3 is 9.05 Å². The van der Waals surface area contributed by atoms with Crippen LogP contribution >= 0.6 is 0 Å². The molecule has 170 valence electrons. The molecular formula is C20H26N6O6+2. The van der Waals surface area contributed by atoms with Gasteiger partial charge in [-0.25, -0.2) is 9.59 Å². The van der Waals surface area contributed by atoms with Crippen molar-refractivity contribution in [1.29, 1.82) is 0 Å². The van der Waals surface area contributed by atoms with E-state index in [9.17, 15) is 9.59 Å². The highest BCUT2D eigenvalue weighted by atomic mass is 16.8. The molecule has 0 saturated heterocycles. The predicted molar refractivity (Wildman–Crippen MR) is 107 cm³/mol. The minimum atomic E-state index is -1.03. The highest BCUT2D eigenvalue weighted by Crippen LogP contribution is 2.26. The second-order valence-electron chi connectivity index (χ2n) is 8.40. The first-order chi connectivity index (χ1) is 15.1. The van der Waals surface area contributed by atoms with Crippen molar-refractivity contribution in [2.75, 3.05) is 40.3 Å². The van der Waals surface area contributed by atoms with Gasteiger partial charge >= 0.3 is 11.9 Å². The van der Waals surface area contributed by atoms with Gasteiger partial charge in [0.15, 0.2) is 11.6 Å². The summed E-state index contributed by atoms with van der Waals surface area (Å²) in [7, 11) is 3.47. The lowest BCUT2D eigenvalue weighted by Gasteiger charge is -2.34. The fraction of sp³-hybridized carbons (Fsp3) is 0.500. The minimum Gasteiger partial charge on any atom is -0.339 e. The summed E-state index contributed by atoms with van der Waals surface area (Å²) in [6.45, 7) is 5.15. The van der Waals surface area contributed by atoms with Gasteiger partial charge in [-0.3, -0.25) is 9.68 Å². The van der Waals surface area contributed by atoms with Crippen LogP contribution in [0.15, 0.2) is 21.2 Å². The van der Waals surface area contributed by atoms with Crippen molar-refractivity contribution in [2.45, 2.75) is 26.7 Å². The zero-order valence-electron chi connectivity index (χ0n) is 18.5. The van der Waals surface area contributed by atoms with Gasteiger partial charge in [-0.2, -0.15) is 9.97 Å². The number of carbonyl (C=O) groups is 2. The summed E-state index contributed by atoms with van der Waals surface area (Å²) < 4.78 is 9.88. The number of carbonyl (C=O) groups excluding carboxylic acids is 2. The fourth-order valence-electron chi connectivity index (χ4n) is 3.61. The largest absolute Gasteiger partial charge is 0.480 e. The molecular weight excluding hydrogens is 420 g/mol. The molecule has 4 rings (SSSR count). The van der Waals surface area contributed by atoms with E-state index in [0.717, 1.165) is 11.1 Å². The van der Waals surface area contributed by atoms with Crippen LogP contribution in [0.1, 0.15) is 36.3 Å². The highest BCUT2D eigenvalue weighted by Gasteiger charge is 2.40. The van der Waals surface area contributed by atoms with Gasteiger partial charge in [0.2, 0.25) is 11.8 Å². The Labute approximate surface area is 184 Å². The summed E-state index contributed by atoms with van der Waals surface area (Å²) in [5.41, 5.74) is 1.84. The standard InChI is InChI=1S/C20H26N6O6/c1-13-21-17(23-29-13)15-5-9-25(3,10-6-15)31-19(27)20(28)32-26(4)11-7-16(8-12-26)18-22-14(2)30-24-18/h5,7H,6,8-12H2,1-4H3/q+2. The van der Waals surface area contributed by atoms with E-state index in [1.807, 2.05) is 12.2 Å². The molecule has 0 amide bonds. The lowest BCUT2D eigenvalue weighted by atomic mass is 10.1. The van der Waals surface area contributed by atoms with Gasteiger partial charge in [0, 0.05) is 37.8 Å². The molecule has 2 aliphatic heterocycles. The molecule has 0 aromatic carbocycles. The smallest absolute Gasteiger partial charge is 0.339 e. The van der Waals surface area contributed by atoms with Crippen LogP contribution in [0.25, 0.3) is 11.1 Å². The van der Waals surface area contributed by atoms with Crippen molar-refractivity contribution in [3.05, 3.63) is 35.6 Å². The van der Waals surface area contributed by atoms with E-state index in [4.69, 9.17) is 18.7 Å². The Bertz CT molecular complexity index is 1020. The zero-order chi connectivity index (χ0) is 22.9. The molecule has 0 radical (unpaired) electrons. The monoisotopic (exact) mass is 446 g/mol. The number of quaternary nitrogens is 2. The molecule has 0 aliphatic carbocycles. The molecule has 2 aromatic rings. The van der Waals surface area contributed by atoms with Crippen molar-refractivity contribution in [3.8, 4) is 0 Å². The molecule has 2 aromatic heterocycles. The first kappa shape index (κ1) is 21.8. The SMILES string of the molecule is Cc1nc(C2=CC[N+](C)(OC(=O)C(=O)O[N+]3(C)CC=C(c4noc(C)n4)CC3)CC2)no1. The Morgan fingerprint density at radius 2 is 1.22 bits per heavy atom. The number of hydrogen-bond acceptors (Lipinski definition) is 10. The molecule has 0 bridgehead atoms. The summed E-state index contributed by atoms with van der Waals surface area (Å²) in [6.07, 6.45) is 4.93. The number of rotatable bonds is 4. The zero-order valence-corrected chi connectivity index (χ0v) is 18.5. The average Bonchev–Trinajstić information content (AvgIpc) is 3.37. The van der Waals surface area contributed by atoms with Crippen molar-refractivity contribution in [1.82, 2.24) is 20.3 Å². The van der Waals surface area contributed by atoms with Crippen LogP contribution in [0, 0.1) is 13.8 Å². The minimum absolute atomic E-state index is 0.0702. The summed E-state index contributed by atoms with van der Waals surface area (Å²) in [5.74, 6) is -0.00983. The van der Waals surface area contributed by atoms with E-state index in [2.05, 4.69) is 20.3 Å². The van der Waals surface area contributed by atoms with E-state index in [-0.39, 0.29) is 9.29 Å². The van der Waals surface area contributed by atoms with Crippen LogP contribution < -0.4 is 0 Å². The van der Waals surface area contributed by atoms with Gasteiger partial charge in [0.05, 0.1) is 0 Å². The Hall–Kier alpha value is -3.38. The van der Waals surface area contributed by atoms with E-state index in [1.54, 1.807) is 27.9 Å². The van der Waals surface area contributed by atoms with E-state index < -0.39 is 11.9 Å². The molecule has 0 fully saturated rings. The molecule has 12 nitrogen and oxygen atoms in total. The lowest BCUT2D eigenvalue weighted by Crippen LogP contribution is -2.53. The number of aryl methyl sites for hydroxylation is 2. The van der Waals surface area contributed by atoms with Crippen molar-refractivity contribution >= 4 is 23.1 Å². The van der Waals surface area contributed by atoms with Gasteiger partial charge in [-0.1, -0.05) is 10.3 Å². The first-order valence-corrected chi connectivity index (χ1v) is 10.3. The number of hydroxylamine groups is 6. The van der Waals surface area contributed by atoms with Crippen LogP contribution in [-0.2, 0) is 19.3 Å². The third-order valence-corrected chi connectivity index (χ3v) is 5.56. The van der Waals surface area contributed by atoms with E-state index >= 15 is 0 Å². The predicted octanol–water partition coefficient (Wildman–Crippen LogP) is 1.15. The molecule has 2 unspecified atom stereocenters. The van der Waals surface area contributed by atoms with Gasteiger partial charge in [-0.05, 0) is 12.2 Å². The lowest BCUT2D eigenvalue weighted by molar-refractivity contribution is -1.08. The number of likely N-dealkylation sites (N-methyl/N-ethyl adjacent to an activating group) is 2. The Morgan fingerprint density at radius 1 is 0.812 bits per heavy atom. The third-order valence-electron chi connectivity index (χ3n) is 5.56. The Morgan fingerprint density at radius 3 is 1.50 bits per heavy atom. The summed E-state index contributed by atoms with van der Waals surface area (Å²) in [4.78, 5) is 44.3. The normalized spacial score (nSPS) is 25.6. The number of hydrogen-bond donors (Lipinski definition) is 0. The van der Waals surface area contributed by atoms with Crippen molar-refractivity contribution in [3.63, 3.8) is 0 Å². The van der Waals surface area contributed by atoms with Crippen LogP contribution in [0.4, 0.5) is 0 Å². The molecule has 0 N–H and O–H groups in total. The molecule has 0 spiro atoms. The van der Waals surface area contributed by atoms with E-state index in [1.165, 1.54) is 0 Å². The van der Waals surface area contributed by atoms with Gasteiger partial charge in [-0.15, -0.1) is 9.29 Å². The average molecular weight is 446 g/mol. The van der Waals surface area contributed by atoms with Crippen molar-refractivity contribution in [2.24, 2.45) is 0 Å². The van der Waals surface area contributed by atoms with Crippen LogP contribution in [0.2, 0.25) is 0 Å². The van der Waals surface area contributed by atoms with Crippen molar-refractivity contribution < 1.29 is 37.6 Å². The number of nitrogens with zero attached hydrogens (tertiary/aromatic N) is 6. The Kier molecular flexibility index (Phi) is 5.65. The third kappa shape index (κ3) is 4.75. The topological polar surface area (TPSA) is 130 Å². The Balaban J connectivity index is 1.32. The second-order valence-corrected chi connectivity index (χ2v) is 8.40. The van der Waals surface area contributed by atoms with Gasteiger partial charge in [0.1, 0.15) is 40.3 Å². The maximum absolute atomic E-state index is 12.4.